The summed E-state index contributed by atoms with van der Waals surface area (Å²) in [5, 5.41) is 9.24. The van der Waals surface area contributed by atoms with Crippen LogP contribution in [0.15, 0.2) is 206 Å². The van der Waals surface area contributed by atoms with Gasteiger partial charge in [0.2, 0.25) is 0 Å². The van der Waals surface area contributed by atoms with Gasteiger partial charge in [-0.05, 0) is 136 Å². The van der Waals surface area contributed by atoms with Crippen LogP contribution in [0, 0.1) is 0 Å². The van der Waals surface area contributed by atoms with Crippen LogP contribution in [0.5, 0.6) is 0 Å². The number of benzene rings is 10. The van der Waals surface area contributed by atoms with Gasteiger partial charge in [-0.25, -0.2) is 0 Å². The predicted molar refractivity (Wildman–Crippen MR) is 270 cm³/mol. The lowest BCUT2D eigenvalue weighted by atomic mass is 9.81. The molecule has 298 valence electrons. The van der Waals surface area contributed by atoms with Gasteiger partial charge in [0.25, 0.3) is 0 Å². The van der Waals surface area contributed by atoms with Crippen molar-refractivity contribution >= 4 is 62.6 Å². The molecule has 0 heterocycles. The Morgan fingerprint density at radius 3 is 1.21 bits per heavy atom. The van der Waals surface area contributed by atoms with Crippen molar-refractivity contribution in [3.63, 3.8) is 0 Å². The van der Waals surface area contributed by atoms with Crippen molar-refractivity contribution in [1.29, 1.82) is 0 Å². The van der Waals surface area contributed by atoms with E-state index in [2.05, 4.69) is 245 Å². The summed E-state index contributed by atoms with van der Waals surface area (Å²) in [6.07, 6.45) is 0. The molecule has 0 saturated heterocycles. The minimum Gasteiger partial charge on any atom is -0.311 e. The normalized spacial score (nSPS) is 13.0. The zero-order chi connectivity index (χ0) is 42.2. The fourth-order valence-electron chi connectivity index (χ4n) is 9.99. The molecule has 0 atom stereocenters. The van der Waals surface area contributed by atoms with Crippen molar-refractivity contribution in [3.8, 4) is 44.5 Å². The number of rotatable bonds is 7. The van der Waals surface area contributed by atoms with Crippen LogP contribution in [0.3, 0.4) is 0 Å². The first-order chi connectivity index (χ1) is 30.1. The third-order valence-electron chi connectivity index (χ3n) is 13.5. The van der Waals surface area contributed by atoms with Crippen LogP contribution >= 0.6 is 0 Å². The Labute approximate surface area is 366 Å². The zero-order valence-corrected chi connectivity index (χ0v) is 37.1. The van der Waals surface area contributed by atoms with E-state index in [0.29, 0.717) is 0 Å². The average Bonchev–Trinajstić information content (AvgIpc) is 3.54. The second-order valence-corrected chi connectivity index (χ2v) is 23.7. The molecule has 0 bridgehead atoms. The van der Waals surface area contributed by atoms with E-state index >= 15 is 0 Å². The van der Waals surface area contributed by atoms with Gasteiger partial charge in [-0.1, -0.05) is 196 Å². The number of fused-ring (bicyclic) bond motifs is 9. The molecule has 1 nitrogen and oxygen atoms in total. The lowest BCUT2D eigenvalue weighted by Gasteiger charge is -2.26. The number of hydrogen-bond acceptors (Lipinski definition) is 1. The Morgan fingerprint density at radius 1 is 0.323 bits per heavy atom. The molecular formula is C60H49NSi. The molecule has 62 heavy (non-hydrogen) atoms. The van der Waals surface area contributed by atoms with E-state index in [1.165, 1.54) is 93.1 Å². The Hall–Kier alpha value is -7.00. The summed E-state index contributed by atoms with van der Waals surface area (Å²) in [5.74, 6) is 0. The quantitative estimate of drug-likeness (QED) is 0.114. The molecule has 0 radical (unpaired) electrons. The monoisotopic (exact) mass is 811 g/mol. The molecule has 0 fully saturated rings. The van der Waals surface area contributed by atoms with Gasteiger partial charge in [-0.3, -0.25) is 0 Å². The zero-order valence-electron chi connectivity index (χ0n) is 36.1. The largest absolute Gasteiger partial charge is 0.311 e. The molecule has 0 saturated carbocycles. The summed E-state index contributed by atoms with van der Waals surface area (Å²) < 4.78 is 0. The van der Waals surface area contributed by atoms with Gasteiger partial charge >= 0.3 is 0 Å². The summed E-state index contributed by atoms with van der Waals surface area (Å²) in [5.41, 5.74) is 16.1. The molecule has 10 aromatic carbocycles. The van der Waals surface area contributed by atoms with E-state index < -0.39 is 8.07 Å². The van der Waals surface area contributed by atoms with Crippen LogP contribution < -0.4 is 10.1 Å². The minimum absolute atomic E-state index is 0.0393. The smallest absolute Gasteiger partial charge is 0.0775 e. The second kappa shape index (κ2) is 14.6. The van der Waals surface area contributed by atoms with Crippen molar-refractivity contribution in [1.82, 2.24) is 0 Å². The third-order valence-corrected chi connectivity index (χ3v) is 15.5. The highest BCUT2D eigenvalue weighted by Crippen LogP contribution is 2.50. The summed E-state index contributed by atoms with van der Waals surface area (Å²) in [6.45, 7) is 11.9. The lowest BCUT2D eigenvalue weighted by molar-refractivity contribution is 0.660. The van der Waals surface area contributed by atoms with Crippen LogP contribution in [0.2, 0.25) is 19.6 Å². The maximum absolute atomic E-state index is 2.41. The second-order valence-electron chi connectivity index (χ2n) is 18.6. The highest BCUT2D eigenvalue weighted by Gasteiger charge is 2.35. The molecule has 1 aliphatic rings. The Morgan fingerprint density at radius 2 is 0.694 bits per heavy atom. The van der Waals surface area contributed by atoms with Crippen molar-refractivity contribution in [2.24, 2.45) is 0 Å². The molecule has 0 N–H and O–H groups in total. The first-order valence-electron chi connectivity index (χ1n) is 21.9. The van der Waals surface area contributed by atoms with Crippen LogP contribution in [0.4, 0.5) is 17.1 Å². The Kier molecular flexibility index (Phi) is 8.92. The van der Waals surface area contributed by atoms with E-state index in [9.17, 15) is 0 Å². The molecule has 0 aromatic heterocycles. The van der Waals surface area contributed by atoms with E-state index in [0.717, 1.165) is 17.1 Å². The third kappa shape index (κ3) is 6.37. The van der Waals surface area contributed by atoms with Gasteiger partial charge in [0.1, 0.15) is 0 Å². The van der Waals surface area contributed by atoms with E-state index in [4.69, 9.17) is 0 Å². The summed E-state index contributed by atoms with van der Waals surface area (Å²) in [7, 11) is -1.37. The van der Waals surface area contributed by atoms with Crippen LogP contribution in [0.25, 0.3) is 76.8 Å². The van der Waals surface area contributed by atoms with Gasteiger partial charge in [-0.2, -0.15) is 0 Å². The molecule has 0 unspecified atom stereocenters. The highest BCUT2D eigenvalue weighted by molar-refractivity contribution is 6.88. The summed E-state index contributed by atoms with van der Waals surface area (Å²) in [6, 6.07) is 77.0. The topological polar surface area (TPSA) is 3.24 Å². The van der Waals surface area contributed by atoms with E-state index in [1.807, 2.05) is 0 Å². The Bertz CT molecular complexity index is 3280. The first kappa shape index (κ1) is 38.0. The van der Waals surface area contributed by atoms with Crippen LogP contribution in [-0.2, 0) is 5.41 Å². The maximum atomic E-state index is 2.41. The van der Waals surface area contributed by atoms with Crippen LogP contribution in [0.1, 0.15) is 25.0 Å². The van der Waals surface area contributed by atoms with Crippen molar-refractivity contribution in [2.45, 2.75) is 38.9 Å². The fraction of sp³-hybridized carbons (Fsp3) is 0.100. The van der Waals surface area contributed by atoms with Gasteiger partial charge < -0.3 is 4.90 Å². The number of hydrogen-bond donors (Lipinski definition) is 0. The minimum atomic E-state index is -1.37. The fourth-order valence-corrected chi connectivity index (χ4v) is 11.2. The Balaban J connectivity index is 0.965. The molecule has 0 spiro atoms. The highest BCUT2D eigenvalue weighted by atomic mass is 28.3. The molecule has 10 aromatic rings. The SMILES string of the molecule is CC1(C)c2ccccc2-c2ccc(-c3ccc(N(c4ccc(-c5ccc([Si](C)(C)C)cc5)cc4)c4ccc(-c5ccc6c7ccccc7c7ccccc7c6c5)cc4)cc3)cc21. The van der Waals surface area contributed by atoms with Crippen molar-refractivity contribution in [3.05, 3.63) is 217 Å². The lowest BCUT2D eigenvalue weighted by Crippen LogP contribution is -2.37. The molecule has 11 rings (SSSR count). The van der Waals surface area contributed by atoms with Crippen molar-refractivity contribution in [2.75, 3.05) is 4.90 Å². The summed E-state index contributed by atoms with van der Waals surface area (Å²) in [4.78, 5) is 2.38. The standard InChI is InChI=1S/C60H49NSi/c1-60(2)58-17-11-10-16-55(58)56-37-27-45(39-59(56)60)43-22-32-48(33-23-43)61(46-28-18-40(19-29-46)41-24-34-49(35-25-41)62(3,4)5)47-30-20-42(21-31-47)44-26-36-54-52-14-7-6-12-50(52)51-13-8-9-15-53(51)57(54)38-44/h6-39H,1-5H3. The molecule has 2 heteroatoms. The first-order valence-corrected chi connectivity index (χ1v) is 25.4. The number of nitrogens with zero attached hydrogens (tertiary/aromatic N) is 1. The van der Waals surface area contributed by atoms with E-state index in [1.54, 1.807) is 0 Å². The molecule has 0 aliphatic heterocycles. The van der Waals surface area contributed by atoms with Gasteiger partial charge in [0.15, 0.2) is 0 Å². The molecular weight excluding hydrogens is 763 g/mol. The van der Waals surface area contributed by atoms with Crippen molar-refractivity contribution < 1.29 is 0 Å². The van der Waals surface area contributed by atoms with E-state index in [-0.39, 0.29) is 5.41 Å². The number of anilines is 3. The van der Waals surface area contributed by atoms with Gasteiger partial charge in [-0.15, -0.1) is 0 Å². The average molecular weight is 812 g/mol. The predicted octanol–water partition coefficient (Wildman–Crippen LogP) is 16.5. The maximum Gasteiger partial charge on any atom is 0.0775 e. The molecule has 0 amide bonds. The van der Waals surface area contributed by atoms with Gasteiger partial charge in [0.05, 0.1) is 8.07 Å². The van der Waals surface area contributed by atoms with Crippen LogP contribution in [-0.4, -0.2) is 8.07 Å². The summed E-state index contributed by atoms with van der Waals surface area (Å²) >= 11 is 0. The van der Waals surface area contributed by atoms with Gasteiger partial charge in [0, 0.05) is 22.5 Å². The molecule has 1 aliphatic carbocycles.